The fourth-order valence-corrected chi connectivity index (χ4v) is 4.26. The number of hydrogen-bond donors (Lipinski definition) is 1. The number of nitrogens with one attached hydrogen (secondary N) is 1. The van der Waals surface area contributed by atoms with Crippen molar-refractivity contribution in [3.8, 4) is 17.2 Å². The molecule has 4 rings (SSSR count). The van der Waals surface area contributed by atoms with Gasteiger partial charge in [-0.05, 0) is 55.2 Å². The van der Waals surface area contributed by atoms with Crippen molar-refractivity contribution in [3.05, 3.63) is 107 Å². The Labute approximate surface area is 199 Å². The summed E-state index contributed by atoms with van der Waals surface area (Å²) in [5, 5.41) is 9.62. The number of carbonyl (C=O) groups excluding carboxylic acids is 1. The minimum Gasteiger partial charge on any atom is -0.433 e. The van der Waals surface area contributed by atoms with E-state index in [1.54, 1.807) is 23.4 Å². The molecule has 0 fully saturated rings. The van der Waals surface area contributed by atoms with Crippen LogP contribution in [-0.2, 0) is 10.3 Å². The summed E-state index contributed by atoms with van der Waals surface area (Å²) in [4.78, 5) is 28.8. The van der Waals surface area contributed by atoms with E-state index < -0.39 is 17.1 Å². The van der Waals surface area contributed by atoms with E-state index in [-0.39, 0.29) is 11.6 Å². The lowest BCUT2D eigenvalue weighted by Gasteiger charge is -2.41. The van der Waals surface area contributed by atoms with Crippen LogP contribution in [0.5, 0.6) is 0 Å². The molecule has 1 aliphatic rings. The van der Waals surface area contributed by atoms with E-state index in [1.807, 2.05) is 81.4 Å². The van der Waals surface area contributed by atoms with Gasteiger partial charge in [-0.3, -0.25) is 9.69 Å². The maximum atomic E-state index is 13.2. The predicted molar refractivity (Wildman–Crippen MR) is 131 cm³/mol. The van der Waals surface area contributed by atoms with Gasteiger partial charge >= 0.3 is 6.09 Å². The van der Waals surface area contributed by atoms with Crippen molar-refractivity contribution in [1.29, 1.82) is 5.26 Å². The number of hydrogen-bond acceptors (Lipinski definition) is 4. The number of H-pyrrole nitrogens is 1. The number of cyclic esters (lactones) is 1. The van der Waals surface area contributed by atoms with Gasteiger partial charge in [0.05, 0.1) is 17.5 Å². The third-order valence-electron chi connectivity index (χ3n) is 6.18. The Hall–Kier alpha value is -4.11. The summed E-state index contributed by atoms with van der Waals surface area (Å²) in [6.45, 7) is 5.63. The fourth-order valence-electron chi connectivity index (χ4n) is 4.26. The SMILES string of the molecule is C[C@@H](c1ccc(-c2ccc(=O)[nH]c2)cc1)N1C=C[C@](CC(C)(C)C#N)(c2ccccc2)OC1=O. The summed E-state index contributed by atoms with van der Waals surface area (Å²) < 4.78 is 6.07. The first-order valence-electron chi connectivity index (χ1n) is 11.2. The number of aromatic amines is 1. The van der Waals surface area contributed by atoms with Crippen LogP contribution in [0.1, 0.15) is 44.4 Å². The third kappa shape index (κ3) is 4.65. The minimum absolute atomic E-state index is 0.144. The van der Waals surface area contributed by atoms with Crippen molar-refractivity contribution in [2.75, 3.05) is 0 Å². The Morgan fingerprint density at radius 1 is 1.03 bits per heavy atom. The molecular weight excluding hydrogens is 426 g/mol. The molecule has 0 spiro atoms. The number of nitriles is 1. The lowest BCUT2D eigenvalue weighted by atomic mass is 9.77. The van der Waals surface area contributed by atoms with Crippen molar-refractivity contribution in [3.63, 3.8) is 0 Å². The van der Waals surface area contributed by atoms with Gasteiger partial charge in [-0.1, -0.05) is 54.6 Å². The average Bonchev–Trinajstić information content (AvgIpc) is 2.85. The Balaban J connectivity index is 1.61. The van der Waals surface area contributed by atoms with Gasteiger partial charge in [0.2, 0.25) is 5.56 Å². The average molecular weight is 454 g/mol. The quantitative estimate of drug-likeness (QED) is 0.503. The Bertz CT molecular complexity index is 1280. The lowest BCUT2D eigenvalue weighted by Crippen LogP contribution is -2.44. The number of benzene rings is 2. The molecule has 0 aliphatic carbocycles. The summed E-state index contributed by atoms with van der Waals surface area (Å²) in [5.74, 6) is 0. The number of ether oxygens (including phenoxy) is 1. The summed E-state index contributed by atoms with van der Waals surface area (Å²) in [6, 6.07) is 22.7. The molecule has 1 aromatic heterocycles. The van der Waals surface area contributed by atoms with Crippen LogP contribution >= 0.6 is 0 Å². The highest BCUT2D eigenvalue weighted by Gasteiger charge is 2.44. The molecule has 0 unspecified atom stereocenters. The number of pyridine rings is 1. The summed E-state index contributed by atoms with van der Waals surface area (Å²) >= 11 is 0. The normalized spacial score (nSPS) is 18.8. The number of aromatic nitrogens is 1. The molecule has 1 amide bonds. The van der Waals surface area contributed by atoms with Gasteiger partial charge in [0.1, 0.15) is 0 Å². The van der Waals surface area contributed by atoms with E-state index in [2.05, 4.69) is 11.1 Å². The second-order valence-electron chi connectivity index (χ2n) is 9.26. The number of rotatable bonds is 6. The van der Waals surface area contributed by atoms with Crippen LogP contribution in [0.15, 0.2) is 90.0 Å². The maximum absolute atomic E-state index is 13.2. The van der Waals surface area contributed by atoms with E-state index in [4.69, 9.17) is 4.74 Å². The van der Waals surface area contributed by atoms with Gasteiger partial charge in [-0.25, -0.2) is 4.79 Å². The van der Waals surface area contributed by atoms with Gasteiger partial charge in [0.15, 0.2) is 5.60 Å². The van der Waals surface area contributed by atoms with Gasteiger partial charge in [0.25, 0.3) is 0 Å². The van der Waals surface area contributed by atoms with Crippen LogP contribution in [-0.4, -0.2) is 16.0 Å². The smallest absolute Gasteiger partial charge is 0.415 e. The van der Waals surface area contributed by atoms with E-state index in [9.17, 15) is 14.9 Å². The second kappa shape index (κ2) is 9.03. The molecule has 3 aromatic rings. The standard InChI is InChI=1S/C28H27N3O3/c1-20(21-9-11-22(12-10-21)23-13-14-25(32)30-17-23)31-16-15-28(34-26(31)33,18-27(2,3)19-29)24-7-5-4-6-8-24/h4-17,20H,18H2,1-3H3,(H,30,32)/t20-,28-/m0/s1. The summed E-state index contributed by atoms with van der Waals surface area (Å²) in [6.07, 6.45) is 5.22. The Morgan fingerprint density at radius 3 is 2.29 bits per heavy atom. The van der Waals surface area contributed by atoms with Crippen molar-refractivity contribution in [2.45, 2.75) is 38.8 Å². The lowest BCUT2D eigenvalue weighted by molar-refractivity contribution is -0.0110. The molecule has 0 bridgehead atoms. The zero-order valence-corrected chi connectivity index (χ0v) is 19.5. The monoisotopic (exact) mass is 453 g/mol. The van der Waals surface area contributed by atoms with Gasteiger partial charge in [0, 0.05) is 24.9 Å². The van der Waals surface area contributed by atoms with Crippen molar-refractivity contribution >= 4 is 6.09 Å². The van der Waals surface area contributed by atoms with Crippen LogP contribution in [0.2, 0.25) is 0 Å². The highest BCUT2D eigenvalue weighted by atomic mass is 16.6. The van der Waals surface area contributed by atoms with Gasteiger partial charge in [-0.2, -0.15) is 5.26 Å². The first-order valence-corrected chi connectivity index (χ1v) is 11.2. The molecule has 2 atom stereocenters. The third-order valence-corrected chi connectivity index (χ3v) is 6.18. The second-order valence-corrected chi connectivity index (χ2v) is 9.26. The summed E-state index contributed by atoms with van der Waals surface area (Å²) in [5.41, 5.74) is 1.80. The summed E-state index contributed by atoms with van der Waals surface area (Å²) in [7, 11) is 0. The molecule has 34 heavy (non-hydrogen) atoms. The highest BCUT2D eigenvalue weighted by Crippen LogP contribution is 2.42. The minimum atomic E-state index is -1.01. The molecular formula is C28H27N3O3. The van der Waals surface area contributed by atoms with Crippen molar-refractivity contribution < 1.29 is 9.53 Å². The van der Waals surface area contributed by atoms with Crippen LogP contribution < -0.4 is 5.56 Å². The van der Waals surface area contributed by atoms with Crippen LogP contribution in [0, 0.1) is 16.7 Å². The number of nitrogens with zero attached hydrogens (tertiary/aromatic N) is 2. The molecule has 0 radical (unpaired) electrons. The molecule has 2 aromatic carbocycles. The zero-order chi connectivity index (χ0) is 24.3. The maximum Gasteiger partial charge on any atom is 0.415 e. The largest absolute Gasteiger partial charge is 0.433 e. The molecule has 1 aliphatic heterocycles. The molecule has 0 saturated carbocycles. The van der Waals surface area contributed by atoms with Crippen LogP contribution in [0.25, 0.3) is 11.1 Å². The van der Waals surface area contributed by atoms with Crippen molar-refractivity contribution in [1.82, 2.24) is 9.88 Å². The molecule has 172 valence electrons. The Kier molecular flexibility index (Phi) is 6.12. The van der Waals surface area contributed by atoms with E-state index in [0.717, 1.165) is 22.3 Å². The molecule has 1 N–H and O–H groups in total. The topological polar surface area (TPSA) is 86.2 Å². The predicted octanol–water partition coefficient (Wildman–Crippen LogP) is 5.90. The molecule has 6 heteroatoms. The van der Waals surface area contributed by atoms with E-state index in [1.165, 1.54) is 6.07 Å². The Morgan fingerprint density at radius 2 is 1.71 bits per heavy atom. The zero-order valence-electron chi connectivity index (χ0n) is 19.5. The highest BCUT2D eigenvalue weighted by molar-refractivity contribution is 5.72. The number of carbonyl (C=O) groups is 1. The molecule has 6 nitrogen and oxygen atoms in total. The van der Waals surface area contributed by atoms with Crippen LogP contribution in [0.4, 0.5) is 4.79 Å². The first-order chi connectivity index (χ1) is 16.2. The first kappa shape index (κ1) is 23.1. The van der Waals surface area contributed by atoms with Gasteiger partial charge in [-0.15, -0.1) is 0 Å². The number of amides is 1. The van der Waals surface area contributed by atoms with Gasteiger partial charge < -0.3 is 9.72 Å². The molecule has 2 heterocycles. The fraction of sp³-hybridized carbons (Fsp3) is 0.250. The van der Waals surface area contributed by atoms with E-state index >= 15 is 0 Å². The van der Waals surface area contributed by atoms with E-state index in [0.29, 0.717) is 6.42 Å². The molecule has 0 saturated heterocycles. The van der Waals surface area contributed by atoms with Crippen LogP contribution in [0.3, 0.4) is 0 Å². The van der Waals surface area contributed by atoms with Crippen molar-refractivity contribution in [2.24, 2.45) is 5.41 Å².